The Balaban J connectivity index is 1.53. The molecule has 4 rings (SSSR count). The molecule has 0 unspecified atom stereocenters. The molecule has 0 radical (unpaired) electrons. The van der Waals surface area contributed by atoms with Crippen LogP contribution < -0.4 is 10.1 Å². The zero-order valence-electron chi connectivity index (χ0n) is 14.3. The number of hydrogen-bond acceptors (Lipinski definition) is 5. The van der Waals surface area contributed by atoms with Crippen LogP contribution in [0, 0.1) is 0 Å². The number of ether oxygens (including phenoxy) is 1. The van der Waals surface area contributed by atoms with Gasteiger partial charge in [-0.1, -0.05) is 23.4 Å². The number of nitrogens with zero attached hydrogens (tertiary/aromatic N) is 2. The fourth-order valence-corrected chi connectivity index (χ4v) is 3.18. The number of rotatable bonds is 4. The Labute approximate surface area is 147 Å². The normalized spacial score (nSPS) is 14.0. The van der Waals surface area contributed by atoms with Crippen molar-refractivity contribution in [3.63, 3.8) is 0 Å². The lowest BCUT2D eigenvalue weighted by Gasteiger charge is -2.05. The highest BCUT2D eigenvalue weighted by Gasteiger charge is 2.13. The van der Waals surface area contributed by atoms with Crippen molar-refractivity contribution in [2.24, 2.45) is 0 Å². The minimum Gasteiger partial charge on any atom is -0.497 e. The van der Waals surface area contributed by atoms with Gasteiger partial charge in [-0.2, -0.15) is 4.98 Å². The Hall–Kier alpha value is -2.66. The van der Waals surface area contributed by atoms with E-state index in [-0.39, 0.29) is 0 Å². The summed E-state index contributed by atoms with van der Waals surface area (Å²) in [6.07, 6.45) is 2.75. The van der Waals surface area contributed by atoms with Crippen LogP contribution in [-0.4, -0.2) is 30.3 Å². The molecule has 0 fully saturated rings. The van der Waals surface area contributed by atoms with Gasteiger partial charge in [-0.3, -0.25) is 0 Å². The monoisotopic (exact) mass is 335 g/mol. The van der Waals surface area contributed by atoms with Gasteiger partial charge in [0.15, 0.2) is 5.82 Å². The Bertz CT molecular complexity index is 856. The summed E-state index contributed by atoms with van der Waals surface area (Å²) in [4.78, 5) is 4.57. The fourth-order valence-electron chi connectivity index (χ4n) is 3.18. The summed E-state index contributed by atoms with van der Waals surface area (Å²) in [5.41, 5.74) is 4.90. The molecule has 2 aromatic carbocycles. The molecule has 5 heteroatoms. The summed E-state index contributed by atoms with van der Waals surface area (Å²) in [6, 6.07) is 14.4. The van der Waals surface area contributed by atoms with Crippen LogP contribution in [0.4, 0.5) is 0 Å². The molecule has 25 heavy (non-hydrogen) atoms. The van der Waals surface area contributed by atoms with Gasteiger partial charge in [0.25, 0.3) is 5.89 Å². The minimum atomic E-state index is 0.587. The largest absolute Gasteiger partial charge is 0.497 e. The van der Waals surface area contributed by atoms with Crippen molar-refractivity contribution in [1.29, 1.82) is 0 Å². The van der Waals surface area contributed by atoms with Crippen LogP contribution in [0.5, 0.6) is 5.75 Å². The van der Waals surface area contributed by atoms with Gasteiger partial charge in [-0.25, -0.2) is 0 Å². The van der Waals surface area contributed by atoms with Crippen LogP contribution in [0.25, 0.3) is 11.5 Å². The number of fused-ring (bicyclic) bond motifs is 1. The standard InChI is InChI=1S/C20H21N3O2/c1-24-18-6-2-14(3-7-18)12-19-22-20(25-23-19)17-5-4-15-8-10-21-11-9-16(15)13-17/h2-7,13,21H,8-12H2,1H3. The van der Waals surface area contributed by atoms with E-state index in [9.17, 15) is 0 Å². The number of hydrogen-bond donors (Lipinski definition) is 1. The van der Waals surface area contributed by atoms with E-state index < -0.39 is 0 Å². The molecule has 0 saturated carbocycles. The van der Waals surface area contributed by atoms with Crippen molar-refractivity contribution < 1.29 is 9.26 Å². The highest BCUT2D eigenvalue weighted by atomic mass is 16.5. The first-order valence-electron chi connectivity index (χ1n) is 8.60. The molecule has 1 aliphatic rings. The fraction of sp³-hybridized carbons (Fsp3) is 0.300. The highest BCUT2D eigenvalue weighted by Crippen LogP contribution is 2.23. The third-order valence-electron chi connectivity index (χ3n) is 4.58. The lowest BCUT2D eigenvalue weighted by molar-refractivity contribution is 0.414. The number of nitrogens with one attached hydrogen (secondary N) is 1. The molecule has 0 bridgehead atoms. The van der Waals surface area contributed by atoms with Gasteiger partial charge in [0, 0.05) is 12.0 Å². The highest BCUT2D eigenvalue weighted by molar-refractivity contribution is 5.56. The van der Waals surface area contributed by atoms with E-state index >= 15 is 0 Å². The molecule has 0 atom stereocenters. The first-order valence-corrected chi connectivity index (χ1v) is 8.60. The van der Waals surface area contributed by atoms with Gasteiger partial charge in [-0.15, -0.1) is 0 Å². The zero-order valence-corrected chi connectivity index (χ0v) is 14.3. The smallest absolute Gasteiger partial charge is 0.257 e. The van der Waals surface area contributed by atoms with Crippen LogP contribution >= 0.6 is 0 Å². The number of methoxy groups -OCH3 is 1. The summed E-state index contributed by atoms with van der Waals surface area (Å²) in [5, 5.41) is 7.56. The Kier molecular flexibility index (Phi) is 4.48. The molecule has 1 N–H and O–H groups in total. The zero-order chi connectivity index (χ0) is 17.1. The second-order valence-corrected chi connectivity index (χ2v) is 6.27. The summed E-state index contributed by atoms with van der Waals surface area (Å²) in [6.45, 7) is 2.06. The Morgan fingerprint density at radius 1 is 1.04 bits per heavy atom. The predicted octanol–water partition coefficient (Wildman–Crippen LogP) is 3.02. The number of aromatic nitrogens is 2. The van der Waals surface area contributed by atoms with Crippen LogP contribution in [0.1, 0.15) is 22.5 Å². The second kappa shape index (κ2) is 7.07. The first-order chi connectivity index (χ1) is 12.3. The molecule has 0 amide bonds. The molecule has 2 heterocycles. The van der Waals surface area contributed by atoms with Crippen molar-refractivity contribution in [2.75, 3.05) is 20.2 Å². The van der Waals surface area contributed by atoms with Crippen LogP contribution in [-0.2, 0) is 19.3 Å². The number of benzene rings is 2. The molecule has 1 aliphatic heterocycles. The molecular weight excluding hydrogens is 314 g/mol. The lowest BCUT2D eigenvalue weighted by atomic mass is 10.00. The van der Waals surface area contributed by atoms with Crippen LogP contribution in [0.3, 0.4) is 0 Å². The second-order valence-electron chi connectivity index (χ2n) is 6.27. The molecule has 0 spiro atoms. The molecule has 5 nitrogen and oxygen atoms in total. The first kappa shape index (κ1) is 15.8. The quantitative estimate of drug-likeness (QED) is 0.794. The topological polar surface area (TPSA) is 60.2 Å². The molecular formula is C20H21N3O2. The molecule has 0 saturated heterocycles. The van der Waals surface area contributed by atoms with Gasteiger partial charge in [0.1, 0.15) is 5.75 Å². The minimum absolute atomic E-state index is 0.587. The van der Waals surface area contributed by atoms with Gasteiger partial charge in [0.2, 0.25) is 0 Å². The van der Waals surface area contributed by atoms with E-state index in [1.165, 1.54) is 11.1 Å². The van der Waals surface area contributed by atoms with Crippen LogP contribution in [0.15, 0.2) is 47.0 Å². The SMILES string of the molecule is COc1ccc(Cc2noc(-c3ccc4c(c3)CCNCC4)n2)cc1. The maximum Gasteiger partial charge on any atom is 0.257 e. The Morgan fingerprint density at radius 3 is 2.64 bits per heavy atom. The van der Waals surface area contributed by atoms with Crippen molar-refractivity contribution in [3.05, 3.63) is 65.0 Å². The third-order valence-corrected chi connectivity index (χ3v) is 4.58. The van der Waals surface area contributed by atoms with Crippen LogP contribution in [0.2, 0.25) is 0 Å². The van der Waals surface area contributed by atoms with E-state index in [0.717, 1.165) is 42.8 Å². The molecule has 3 aromatic rings. The van der Waals surface area contributed by atoms with Crippen molar-refractivity contribution in [1.82, 2.24) is 15.5 Å². The Morgan fingerprint density at radius 2 is 1.84 bits per heavy atom. The summed E-state index contributed by atoms with van der Waals surface area (Å²) < 4.78 is 10.7. The van der Waals surface area contributed by atoms with Crippen molar-refractivity contribution in [3.8, 4) is 17.2 Å². The van der Waals surface area contributed by atoms with Crippen molar-refractivity contribution >= 4 is 0 Å². The summed E-state index contributed by atoms with van der Waals surface area (Å²) in [5.74, 6) is 2.12. The third kappa shape index (κ3) is 3.56. The maximum absolute atomic E-state index is 5.49. The van der Waals surface area contributed by atoms with E-state index in [2.05, 4.69) is 33.7 Å². The molecule has 128 valence electrons. The van der Waals surface area contributed by atoms with E-state index in [1.54, 1.807) is 7.11 Å². The van der Waals surface area contributed by atoms with E-state index in [4.69, 9.17) is 9.26 Å². The van der Waals surface area contributed by atoms with Gasteiger partial charge < -0.3 is 14.6 Å². The van der Waals surface area contributed by atoms with E-state index in [0.29, 0.717) is 18.1 Å². The summed E-state index contributed by atoms with van der Waals surface area (Å²) in [7, 11) is 1.66. The van der Waals surface area contributed by atoms with Gasteiger partial charge in [-0.05, 0) is 66.9 Å². The molecule has 1 aromatic heterocycles. The van der Waals surface area contributed by atoms with Gasteiger partial charge in [0.05, 0.1) is 7.11 Å². The predicted molar refractivity (Wildman–Crippen MR) is 95.8 cm³/mol. The molecule has 0 aliphatic carbocycles. The summed E-state index contributed by atoms with van der Waals surface area (Å²) >= 11 is 0. The average molecular weight is 335 g/mol. The lowest BCUT2D eigenvalue weighted by Crippen LogP contribution is -2.16. The maximum atomic E-state index is 5.49. The van der Waals surface area contributed by atoms with E-state index in [1.807, 2.05) is 24.3 Å². The van der Waals surface area contributed by atoms with Crippen molar-refractivity contribution in [2.45, 2.75) is 19.3 Å². The average Bonchev–Trinajstić information content (AvgIpc) is 2.98. The van der Waals surface area contributed by atoms with Gasteiger partial charge >= 0.3 is 0 Å².